The molecule has 1 atom stereocenters. The Bertz CT molecular complexity index is 511. The minimum Gasteiger partial charge on any atom is -0.310 e. The number of hydrogen-bond acceptors (Lipinski definition) is 3. The zero-order chi connectivity index (χ0) is 14.2. The maximum Gasteiger partial charge on any atom is 0.0341 e. The highest BCUT2D eigenvalue weighted by Gasteiger charge is 2.13. The molecule has 3 heteroatoms. The molecule has 1 N–H and O–H groups in total. The number of nitrogens with zero attached hydrogens (tertiary/aromatic N) is 2. The second kappa shape index (κ2) is 7.75. The van der Waals surface area contributed by atoms with Gasteiger partial charge < -0.3 is 5.32 Å². The molecule has 106 valence electrons. The van der Waals surface area contributed by atoms with Gasteiger partial charge in [-0.25, -0.2) is 0 Å². The lowest BCUT2D eigenvalue weighted by Crippen LogP contribution is -2.23. The van der Waals surface area contributed by atoms with Crippen LogP contribution in [0.5, 0.6) is 0 Å². The van der Waals surface area contributed by atoms with Crippen molar-refractivity contribution in [3.63, 3.8) is 0 Å². The number of hydrogen-bond donors (Lipinski definition) is 1. The normalized spacial score (nSPS) is 12.3. The van der Waals surface area contributed by atoms with Crippen LogP contribution < -0.4 is 5.32 Å². The van der Waals surface area contributed by atoms with Gasteiger partial charge in [-0.15, -0.1) is 0 Å². The Balaban J connectivity index is 2.06. The lowest BCUT2D eigenvalue weighted by atomic mass is 9.97. The van der Waals surface area contributed by atoms with Crippen LogP contribution in [0.4, 0.5) is 0 Å². The van der Waals surface area contributed by atoms with E-state index in [1.807, 2.05) is 24.8 Å². The van der Waals surface area contributed by atoms with Crippen molar-refractivity contribution in [2.75, 3.05) is 6.54 Å². The Labute approximate surface area is 121 Å². The molecule has 3 nitrogen and oxygen atoms in total. The molecule has 0 aliphatic heterocycles. The molecule has 0 radical (unpaired) electrons. The van der Waals surface area contributed by atoms with Crippen LogP contribution in [0.25, 0.3) is 0 Å². The Morgan fingerprint density at radius 1 is 1.10 bits per heavy atom. The summed E-state index contributed by atoms with van der Waals surface area (Å²) in [7, 11) is 0. The first-order chi connectivity index (χ1) is 9.81. The first kappa shape index (κ1) is 14.7. The molecular formula is C17H23N3. The highest BCUT2D eigenvalue weighted by molar-refractivity contribution is 5.25. The van der Waals surface area contributed by atoms with E-state index in [0.29, 0.717) is 6.04 Å². The van der Waals surface area contributed by atoms with E-state index in [4.69, 9.17) is 0 Å². The third kappa shape index (κ3) is 4.14. The molecule has 0 spiro atoms. The van der Waals surface area contributed by atoms with Crippen molar-refractivity contribution in [1.82, 2.24) is 15.3 Å². The van der Waals surface area contributed by atoms with Gasteiger partial charge in [-0.1, -0.05) is 6.92 Å². The van der Waals surface area contributed by atoms with E-state index in [1.54, 1.807) is 0 Å². The van der Waals surface area contributed by atoms with Crippen LogP contribution in [0.3, 0.4) is 0 Å². The summed E-state index contributed by atoms with van der Waals surface area (Å²) in [6, 6.07) is 6.64. The minimum absolute atomic E-state index is 0.372. The topological polar surface area (TPSA) is 37.8 Å². The molecule has 0 aromatic carbocycles. The van der Waals surface area contributed by atoms with Gasteiger partial charge in [-0.05, 0) is 67.6 Å². The van der Waals surface area contributed by atoms with E-state index in [2.05, 4.69) is 47.3 Å². The van der Waals surface area contributed by atoms with Gasteiger partial charge in [0, 0.05) is 30.8 Å². The summed E-state index contributed by atoms with van der Waals surface area (Å²) in [6.07, 6.45) is 10.9. The molecule has 1 unspecified atom stereocenters. The van der Waals surface area contributed by atoms with E-state index >= 15 is 0 Å². The molecule has 20 heavy (non-hydrogen) atoms. The summed E-state index contributed by atoms with van der Waals surface area (Å²) in [4.78, 5) is 8.35. The van der Waals surface area contributed by atoms with Gasteiger partial charge in [0.15, 0.2) is 0 Å². The van der Waals surface area contributed by atoms with Crippen molar-refractivity contribution in [1.29, 1.82) is 0 Å². The van der Waals surface area contributed by atoms with Crippen LogP contribution in [-0.2, 0) is 6.42 Å². The zero-order valence-electron chi connectivity index (χ0n) is 12.3. The summed E-state index contributed by atoms with van der Waals surface area (Å²) in [5.41, 5.74) is 3.96. The van der Waals surface area contributed by atoms with Crippen LogP contribution >= 0.6 is 0 Å². The molecule has 2 heterocycles. The van der Waals surface area contributed by atoms with Crippen molar-refractivity contribution >= 4 is 0 Å². The first-order valence-corrected chi connectivity index (χ1v) is 7.34. The maximum atomic E-state index is 4.28. The van der Waals surface area contributed by atoms with Gasteiger partial charge in [-0.2, -0.15) is 0 Å². The Hall–Kier alpha value is -1.74. The minimum atomic E-state index is 0.372. The van der Waals surface area contributed by atoms with Gasteiger partial charge in [0.1, 0.15) is 0 Å². The van der Waals surface area contributed by atoms with Crippen molar-refractivity contribution in [2.24, 2.45) is 0 Å². The predicted molar refractivity (Wildman–Crippen MR) is 82.6 cm³/mol. The summed E-state index contributed by atoms with van der Waals surface area (Å²) < 4.78 is 0. The molecule has 0 bridgehead atoms. The quantitative estimate of drug-likeness (QED) is 0.836. The highest BCUT2D eigenvalue weighted by atomic mass is 14.9. The summed E-state index contributed by atoms with van der Waals surface area (Å²) >= 11 is 0. The third-order valence-corrected chi connectivity index (χ3v) is 3.57. The second-order valence-electron chi connectivity index (χ2n) is 5.13. The van der Waals surface area contributed by atoms with Gasteiger partial charge in [0.2, 0.25) is 0 Å². The molecule has 0 aliphatic carbocycles. The molecule has 0 aliphatic rings. The Kier molecular flexibility index (Phi) is 5.69. The number of pyridine rings is 2. The molecule has 0 saturated heterocycles. The monoisotopic (exact) mass is 269 g/mol. The molecule has 2 aromatic heterocycles. The van der Waals surface area contributed by atoms with Crippen molar-refractivity contribution in [2.45, 2.75) is 39.2 Å². The summed E-state index contributed by atoms with van der Waals surface area (Å²) in [5.74, 6) is 0. The standard InChI is InChI=1S/C17H23N3/c1-3-9-20-17(16-13-19-10-6-14(16)2)5-4-15-7-11-18-12-8-15/h6-8,10-13,17,20H,3-5,9H2,1-2H3. The Morgan fingerprint density at radius 3 is 2.55 bits per heavy atom. The number of nitrogens with one attached hydrogen (secondary N) is 1. The van der Waals surface area contributed by atoms with Crippen molar-refractivity contribution in [3.05, 3.63) is 59.7 Å². The van der Waals surface area contributed by atoms with E-state index in [1.165, 1.54) is 16.7 Å². The van der Waals surface area contributed by atoms with Crippen molar-refractivity contribution in [3.8, 4) is 0 Å². The average Bonchev–Trinajstić information content (AvgIpc) is 2.49. The van der Waals surface area contributed by atoms with Gasteiger partial charge in [0.25, 0.3) is 0 Å². The summed E-state index contributed by atoms with van der Waals surface area (Å²) in [5, 5.41) is 3.64. The lowest BCUT2D eigenvalue weighted by molar-refractivity contribution is 0.496. The van der Waals surface area contributed by atoms with Gasteiger partial charge >= 0.3 is 0 Å². The fraction of sp³-hybridized carbons (Fsp3) is 0.412. The van der Waals surface area contributed by atoms with E-state index in [0.717, 1.165) is 25.8 Å². The number of aryl methyl sites for hydroxylation is 2. The molecule has 2 aromatic rings. The van der Waals surface area contributed by atoms with E-state index in [9.17, 15) is 0 Å². The molecule has 2 rings (SSSR count). The lowest BCUT2D eigenvalue weighted by Gasteiger charge is -2.20. The zero-order valence-corrected chi connectivity index (χ0v) is 12.3. The van der Waals surface area contributed by atoms with Gasteiger partial charge in [-0.3, -0.25) is 9.97 Å². The van der Waals surface area contributed by atoms with Crippen LogP contribution in [0.15, 0.2) is 43.0 Å². The predicted octanol–water partition coefficient (Wildman–Crippen LogP) is 3.46. The average molecular weight is 269 g/mol. The first-order valence-electron chi connectivity index (χ1n) is 7.34. The van der Waals surface area contributed by atoms with E-state index < -0.39 is 0 Å². The highest BCUT2D eigenvalue weighted by Crippen LogP contribution is 2.21. The van der Waals surface area contributed by atoms with Crippen LogP contribution in [0.2, 0.25) is 0 Å². The van der Waals surface area contributed by atoms with Crippen LogP contribution in [-0.4, -0.2) is 16.5 Å². The molecule has 0 saturated carbocycles. The Morgan fingerprint density at radius 2 is 1.85 bits per heavy atom. The fourth-order valence-corrected chi connectivity index (χ4v) is 2.39. The number of aromatic nitrogens is 2. The van der Waals surface area contributed by atoms with Crippen LogP contribution in [0, 0.1) is 6.92 Å². The number of rotatable bonds is 7. The fourth-order valence-electron chi connectivity index (χ4n) is 2.39. The van der Waals surface area contributed by atoms with E-state index in [-0.39, 0.29) is 0 Å². The molecule has 0 fully saturated rings. The molecule has 0 amide bonds. The summed E-state index contributed by atoms with van der Waals surface area (Å²) in [6.45, 7) is 5.39. The smallest absolute Gasteiger partial charge is 0.0341 e. The van der Waals surface area contributed by atoms with Gasteiger partial charge in [0.05, 0.1) is 0 Å². The maximum absolute atomic E-state index is 4.28. The SMILES string of the molecule is CCCNC(CCc1ccncc1)c1cnccc1C. The largest absolute Gasteiger partial charge is 0.310 e. The van der Waals surface area contributed by atoms with Crippen molar-refractivity contribution < 1.29 is 0 Å². The van der Waals surface area contributed by atoms with Crippen LogP contribution in [0.1, 0.15) is 42.5 Å². The molecular weight excluding hydrogens is 246 g/mol. The second-order valence-corrected chi connectivity index (χ2v) is 5.13. The third-order valence-electron chi connectivity index (χ3n) is 3.57.